The maximum absolute atomic E-state index is 12.9. The zero-order valence-electron chi connectivity index (χ0n) is 14.8. The van der Waals surface area contributed by atoms with Gasteiger partial charge in [0.05, 0.1) is 19.3 Å². The summed E-state index contributed by atoms with van der Waals surface area (Å²) in [6.07, 6.45) is 5.43. The van der Waals surface area contributed by atoms with Crippen LogP contribution < -0.4 is 15.2 Å². The van der Waals surface area contributed by atoms with Crippen molar-refractivity contribution in [3.63, 3.8) is 0 Å². The van der Waals surface area contributed by atoms with Gasteiger partial charge in [0, 0.05) is 31.8 Å². The molecule has 0 bridgehead atoms. The van der Waals surface area contributed by atoms with Gasteiger partial charge in [-0.25, -0.2) is 4.68 Å². The van der Waals surface area contributed by atoms with Crippen molar-refractivity contribution in [3.05, 3.63) is 35.8 Å². The van der Waals surface area contributed by atoms with Crippen LogP contribution in [0.4, 0.5) is 0 Å². The van der Waals surface area contributed by atoms with E-state index in [0.29, 0.717) is 36.9 Å². The number of nitrogens with two attached hydrogens (primary N) is 1. The topological polar surface area (TPSA) is 113 Å². The summed E-state index contributed by atoms with van der Waals surface area (Å²) in [4.78, 5) is 29.9. The molecule has 2 aromatic heterocycles. The van der Waals surface area contributed by atoms with E-state index in [0.717, 1.165) is 25.8 Å². The lowest BCUT2D eigenvalue weighted by atomic mass is 10.1. The Morgan fingerprint density at radius 2 is 2.19 bits per heavy atom. The Balaban J connectivity index is 1.45. The van der Waals surface area contributed by atoms with Crippen molar-refractivity contribution in [3.8, 4) is 11.6 Å². The molecule has 2 aliphatic rings. The molecule has 0 aromatic carbocycles. The molecule has 9 nitrogen and oxygen atoms in total. The van der Waals surface area contributed by atoms with E-state index in [4.69, 9.17) is 15.2 Å². The molecule has 2 amide bonds. The van der Waals surface area contributed by atoms with Crippen LogP contribution in [0.2, 0.25) is 0 Å². The molecule has 1 saturated heterocycles. The number of nitrogens with zero attached hydrogens (tertiary/aromatic N) is 4. The van der Waals surface area contributed by atoms with E-state index in [9.17, 15) is 9.59 Å². The Bertz CT molecular complexity index is 865. The van der Waals surface area contributed by atoms with Gasteiger partial charge in [-0.15, -0.1) is 0 Å². The second-order valence-electron chi connectivity index (χ2n) is 6.66. The normalized spacial score (nSPS) is 19.1. The molecule has 1 unspecified atom stereocenters. The molecule has 1 fully saturated rings. The SMILES string of the molecule is NC(=O)c1cc(OC2CCCN(C(=O)c3cnn4c3OCCC4)C2)ccn1. The maximum atomic E-state index is 12.9. The molecular weight excluding hydrogens is 350 g/mol. The fourth-order valence-corrected chi connectivity index (χ4v) is 3.42. The summed E-state index contributed by atoms with van der Waals surface area (Å²) >= 11 is 0. The fourth-order valence-electron chi connectivity index (χ4n) is 3.42. The molecule has 2 N–H and O–H groups in total. The number of rotatable bonds is 4. The zero-order valence-corrected chi connectivity index (χ0v) is 14.8. The predicted octanol–water partition coefficient (Wildman–Crippen LogP) is 0.843. The van der Waals surface area contributed by atoms with E-state index < -0.39 is 5.91 Å². The van der Waals surface area contributed by atoms with Crippen molar-refractivity contribution in [2.75, 3.05) is 19.7 Å². The molecule has 0 radical (unpaired) electrons. The van der Waals surface area contributed by atoms with Crippen LogP contribution in [0.3, 0.4) is 0 Å². The Hall–Kier alpha value is -3.10. The van der Waals surface area contributed by atoms with Gasteiger partial charge >= 0.3 is 0 Å². The van der Waals surface area contributed by atoms with Crippen LogP contribution in [-0.2, 0) is 6.54 Å². The highest BCUT2D eigenvalue weighted by Crippen LogP contribution is 2.26. The van der Waals surface area contributed by atoms with E-state index in [2.05, 4.69) is 10.1 Å². The Morgan fingerprint density at radius 1 is 1.30 bits per heavy atom. The number of likely N-dealkylation sites (tertiary alicyclic amines) is 1. The average molecular weight is 371 g/mol. The van der Waals surface area contributed by atoms with Gasteiger partial charge in [-0.3, -0.25) is 14.6 Å². The summed E-state index contributed by atoms with van der Waals surface area (Å²) in [6, 6.07) is 3.19. The number of carbonyl (C=O) groups excluding carboxylic acids is 2. The van der Waals surface area contributed by atoms with Crippen molar-refractivity contribution >= 4 is 11.8 Å². The standard InChI is InChI=1S/C18H21N5O4/c19-16(24)15-9-12(4-5-20-15)27-13-3-1-6-22(11-13)17(25)14-10-21-23-7-2-8-26-18(14)23/h4-5,9-10,13H,1-3,6-8,11H2,(H2,19,24). The lowest BCUT2D eigenvalue weighted by molar-refractivity contribution is 0.0532. The highest BCUT2D eigenvalue weighted by Gasteiger charge is 2.30. The molecule has 9 heteroatoms. The van der Waals surface area contributed by atoms with E-state index >= 15 is 0 Å². The molecule has 0 aliphatic carbocycles. The van der Waals surface area contributed by atoms with Crippen molar-refractivity contribution in [1.82, 2.24) is 19.7 Å². The monoisotopic (exact) mass is 371 g/mol. The van der Waals surface area contributed by atoms with E-state index in [1.807, 2.05) is 0 Å². The Labute approximate surface area is 156 Å². The molecule has 142 valence electrons. The van der Waals surface area contributed by atoms with Crippen molar-refractivity contribution < 1.29 is 19.1 Å². The Morgan fingerprint density at radius 3 is 3.04 bits per heavy atom. The Kier molecular flexibility index (Phi) is 4.66. The molecule has 0 saturated carbocycles. The number of carbonyl (C=O) groups is 2. The lowest BCUT2D eigenvalue weighted by Gasteiger charge is -2.33. The van der Waals surface area contributed by atoms with Gasteiger partial charge in [0.2, 0.25) is 5.88 Å². The molecule has 2 aromatic rings. The first-order valence-electron chi connectivity index (χ1n) is 9.02. The summed E-state index contributed by atoms with van der Waals surface area (Å²) in [5, 5.41) is 4.25. The highest BCUT2D eigenvalue weighted by molar-refractivity contribution is 5.96. The van der Waals surface area contributed by atoms with Crippen LogP contribution in [0.5, 0.6) is 11.6 Å². The first-order chi connectivity index (χ1) is 13.1. The summed E-state index contributed by atoms with van der Waals surface area (Å²) in [6.45, 7) is 2.48. The van der Waals surface area contributed by atoms with Gasteiger partial charge in [0.1, 0.15) is 23.1 Å². The minimum Gasteiger partial charge on any atom is -0.488 e. The molecule has 1 atom stereocenters. The predicted molar refractivity (Wildman–Crippen MR) is 94.6 cm³/mol. The van der Waals surface area contributed by atoms with Crippen molar-refractivity contribution in [1.29, 1.82) is 0 Å². The smallest absolute Gasteiger partial charge is 0.267 e. The van der Waals surface area contributed by atoms with Crippen LogP contribution in [-0.4, -0.2) is 57.3 Å². The van der Waals surface area contributed by atoms with Gasteiger partial charge in [-0.1, -0.05) is 0 Å². The number of fused-ring (bicyclic) bond motifs is 1. The number of piperidine rings is 1. The summed E-state index contributed by atoms with van der Waals surface area (Å²) in [7, 11) is 0. The molecule has 0 spiro atoms. The number of ether oxygens (including phenoxy) is 2. The second-order valence-corrected chi connectivity index (χ2v) is 6.66. The third-order valence-electron chi connectivity index (χ3n) is 4.73. The second kappa shape index (κ2) is 7.26. The quantitative estimate of drug-likeness (QED) is 0.852. The van der Waals surface area contributed by atoms with Gasteiger partial charge < -0.3 is 20.1 Å². The van der Waals surface area contributed by atoms with Gasteiger partial charge in [0.15, 0.2) is 0 Å². The molecular formula is C18H21N5O4. The zero-order chi connectivity index (χ0) is 18.8. The number of primary amides is 1. The third kappa shape index (κ3) is 3.57. The number of aromatic nitrogens is 3. The largest absolute Gasteiger partial charge is 0.488 e. The van der Waals surface area contributed by atoms with Crippen LogP contribution >= 0.6 is 0 Å². The fraction of sp³-hybridized carbons (Fsp3) is 0.444. The first-order valence-corrected chi connectivity index (χ1v) is 9.02. The third-order valence-corrected chi connectivity index (χ3v) is 4.73. The van der Waals surface area contributed by atoms with Crippen LogP contribution in [0, 0.1) is 0 Å². The van der Waals surface area contributed by atoms with Crippen LogP contribution in [0.1, 0.15) is 40.1 Å². The van der Waals surface area contributed by atoms with Gasteiger partial charge in [0.25, 0.3) is 11.8 Å². The number of hydrogen-bond acceptors (Lipinski definition) is 6. The number of hydrogen-bond donors (Lipinski definition) is 1. The van der Waals surface area contributed by atoms with E-state index in [-0.39, 0.29) is 17.7 Å². The molecule has 4 rings (SSSR count). The van der Waals surface area contributed by atoms with Crippen molar-refractivity contribution in [2.24, 2.45) is 5.73 Å². The summed E-state index contributed by atoms with van der Waals surface area (Å²) < 4.78 is 13.3. The summed E-state index contributed by atoms with van der Waals surface area (Å²) in [5.41, 5.74) is 5.91. The first kappa shape index (κ1) is 17.3. The van der Waals surface area contributed by atoms with E-state index in [1.54, 1.807) is 21.8 Å². The minimum atomic E-state index is -0.605. The van der Waals surface area contributed by atoms with Crippen molar-refractivity contribution in [2.45, 2.75) is 31.9 Å². The average Bonchev–Trinajstić information content (AvgIpc) is 3.12. The molecule has 4 heterocycles. The lowest BCUT2D eigenvalue weighted by Crippen LogP contribution is -2.44. The van der Waals surface area contributed by atoms with Crippen LogP contribution in [0.15, 0.2) is 24.5 Å². The highest BCUT2D eigenvalue weighted by atomic mass is 16.5. The summed E-state index contributed by atoms with van der Waals surface area (Å²) in [5.74, 6) is 0.366. The maximum Gasteiger partial charge on any atom is 0.267 e. The molecule has 2 aliphatic heterocycles. The molecule has 27 heavy (non-hydrogen) atoms. The van der Waals surface area contributed by atoms with Gasteiger partial charge in [-0.05, 0) is 18.9 Å². The number of pyridine rings is 1. The number of aryl methyl sites for hydroxylation is 1. The van der Waals surface area contributed by atoms with Crippen LogP contribution in [0.25, 0.3) is 0 Å². The van der Waals surface area contributed by atoms with E-state index in [1.165, 1.54) is 12.3 Å². The van der Waals surface area contributed by atoms with Gasteiger partial charge in [-0.2, -0.15) is 5.10 Å². The minimum absolute atomic E-state index is 0.0981. The number of amides is 2.